The van der Waals surface area contributed by atoms with Crippen molar-refractivity contribution in [3.05, 3.63) is 65.7 Å². The maximum atomic E-state index is 12.1. The molecule has 3 rings (SSSR count). The number of amides is 3. The third kappa shape index (κ3) is 6.52. The molecule has 3 N–H and O–H groups in total. The lowest BCUT2D eigenvalue weighted by Gasteiger charge is -2.29. The van der Waals surface area contributed by atoms with Gasteiger partial charge in [0.1, 0.15) is 5.75 Å². The largest absolute Gasteiger partial charge is 0.497 e. The van der Waals surface area contributed by atoms with Gasteiger partial charge in [-0.05, 0) is 54.9 Å². The molecule has 154 valence electrons. The molecule has 0 aromatic heterocycles. The predicted octanol–water partition coefficient (Wildman–Crippen LogP) is 3.34. The highest BCUT2D eigenvalue weighted by Gasteiger charge is 2.23. The zero-order valence-corrected chi connectivity index (χ0v) is 16.8. The number of ether oxygens (including phenoxy) is 1. The Labute approximate surface area is 172 Å². The Balaban J connectivity index is 1.32. The highest BCUT2D eigenvalue weighted by Crippen LogP contribution is 2.32. The van der Waals surface area contributed by atoms with Crippen LogP contribution in [0.5, 0.6) is 5.75 Å². The first-order valence-electron chi connectivity index (χ1n) is 10.1. The molecule has 6 nitrogen and oxygen atoms in total. The van der Waals surface area contributed by atoms with E-state index in [9.17, 15) is 9.59 Å². The molecular formula is C23H29N3O3. The summed E-state index contributed by atoms with van der Waals surface area (Å²) in [6.07, 6.45) is 4.04. The molecule has 2 aromatic carbocycles. The van der Waals surface area contributed by atoms with Crippen molar-refractivity contribution >= 4 is 11.9 Å². The average molecular weight is 396 g/mol. The van der Waals surface area contributed by atoms with Gasteiger partial charge in [0.05, 0.1) is 13.7 Å². The minimum absolute atomic E-state index is 0.0403. The molecular weight excluding hydrogens is 366 g/mol. The molecule has 1 saturated carbocycles. The van der Waals surface area contributed by atoms with E-state index in [2.05, 4.69) is 40.2 Å². The van der Waals surface area contributed by atoms with Crippen molar-refractivity contribution in [3.8, 4) is 5.75 Å². The van der Waals surface area contributed by atoms with E-state index in [1.807, 2.05) is 30.3 Å². The van der Waals surface area contributed by atoms with Crippen molar-refractivity contribution in [1.29, 1.82) is 0 Å². The summed E-state index contributed by atoms with van der Waals surface area (Å²) in [4.78, 5) is 24.1. The van der Waals surface area contributed by atoms with Gasteiger partial charge in [-0.2, -0.15) is 0 Å². The second-order valence-electron chi connectivity index (χ2n) is 7.41. The van der Waals surface area contributed by atoms with Gasteiger partial charge in [-0.25, -0.2) is 4.79 Å². The van der Waals surface area contributed by atoms with Crippen LogP contribution in [0.4, 0.5) is 4.79 Å². The molecule has 1 aliphatic carbocycles. The average Bonchev–Trinajstić information content (AvgIpc) is 2.78. The molecule has 0 spiro atoms. The highest BCUT2D eigenvalue weighted by atomic mass is 16.5. The van der Waals surface area contributed by atoms with E-state index in [1.165, 1.54) is 5.56 Å². The van der Waals surface area contributed by atoms with Gasteiger partial charge in [-0.3, -0.25) is 4.79 Å². The number of methoxy groups -OCH3 is 1. The van der Waals surface area contributed by atoms with Crippen LogP contribution >= 0.6 is 0 Å². The van der Waals surface area contributed by atoms with Crippen molar-refractivity contribution in [3.63, 3.8) is 0 Å². The van der Waals surface area contributed by atoms with E-state index in [1.54, 1.807) is 7.11 Å². The Kier molecular flexibility index (Phi) is 7.50. The monoisotopic (exact) mass is 395 g/mol. The number of urea groups is 1. The summed E-state index contributed by atoms with van der Waals surface area (Å²) < 4.78 is 5.11. The Bertz CT molecular complexity index is 785. The highest BCUT2D eigenvalue weighted by molar-refractivity contribution is 5.83. The van der Waals surface area contributed by atoms with Gasteiger partial charge in [0.15, 0.2) is 0 Å². The molecule has 3 amide bonds. The number of hydrogen-bond donors (Lipinski definition) is 3. The maximum Gasteiger partial charge on any atom is 0.315 e. The molecule has 2 aromatic rings. The Morgan fingerprint density at radius 2 is 1.62 bits per heavy atom. The molecule has 0 saturated heterocycles. The number of carbonyl (C=O) groups excluding carboxylic acids is 2. The van der Waals surface area contributed by atoms with E-state index >= 15 is 0 Å². The van der Waals surface area contributed by atoms with Crippen LogP contribution < -0.4 is 20.7 Å². The lowest BCUT2D eigenvalue weighted by atomic mass is 9.82. The molecule has 29 heavy (non-hydrogen) atoms. The molecule has 1 aliphatic rings. The van der Waals surface area contributed by atoms with Gasteiger partial charge < -0.3 is 20.7 Å². The standard InChI is InChI=1S/C23H29N3O3/c1-29-21-13-7-17(8-14-21)15-24-22(27)16-25-23(28)26-20-11-9-19(10-12-20)18-5-3-2-4-6-18/h2-8,13-14,19-20H,9-12,15-16H2,1H3,(H,24,27)(H2,25,26,28). The van der Waals surface area contributed by atoms with Gasteiger partial charge in [0.25, 0.3) is 0 Å². The fourth-order valence-corrected chi connectivity index (χ4v) is 3.70. The Hall–Kier alpha value is -3.02. The SMILES string of the molecule is COc1ccc(CNC(=O)CNC(=O)NC2CCC(c3ccccc3)CC2)cc1. The van der Waals surface area contributed by atoms with E-state index in [0.717, 1.165) is 37.0 Å². The van der Waals surface area contributed by atoms with Crippen LogP contribution in [0.3, 0.4) is 0 Å². The van der Waals surface area contributed by atoms with Crippen LogP contribution in [0.15, 0.2) is 54.6 Å². The van der Waals surface area contributed by atoms with Crippen LogP contribution in [0, 0.1) is 0 Å². The second-order valence-corrected chi connectivity index (χ2v) is 7.41. The fraction of sp³-hybridized carbons (Fsp3) is 0.391. The topological polar surface area (TPSA) is 79.5 Å². The number of hydrogen-bond acceptors (Lipinski definition) is 3. The zero-order valence-electron chi connectivity index (χ0n) is 16.8. The normalized spacial score (nSPS) is 18.5. The van der Waals surface area contributed by atoms with Crippen molar-refractivity contribution in [1.82, 2.24) is 16.0 Å². The molecule has 0 heterocycles. The summed E-state index contributed by atoms with van der Waals surface area (Å²) in [5.41, 5.74) is 2.35. The first-order valence-corrected chi connectivity index (χ1v) is 10.1. The van der Waals surface area contributed by atoms with E-state index in [4.69, 9.17) is 4.74 Å². The van der Waals surface area contributed by atoms with Gasteiger partial charge in [-0.15, -0.1) is 0 Å². The van der Waals surface area contributed by atoms with Crippen LogP contribution in [0.1, 0.15) is 42.7 Å². The van der Waals surface area contributed by atoms with Crippen molar-refractivity contribution in [2.24, 2.45) is 0 Å². The number of rotatable bonds is 7. The van der Waals surface area contributed by atoms with Crippen LogP contribution in [0.2, 0.25) is 0 Å². The summed E-state index contributed by atoms with van der Waals surface area (Å²) in [5, 5.41) is 8.43. The van der Waals surface area contributed by atoms with Gasteiger partial charge in [0, 0.05) is 12.6 Å². The lowest BCUT2D eigenvalue weighted by molar-refractivity contribution is -0.120. The first-order chi connectivity index (χ1) is 14.1. The lowest BCUT2D eigenvalue weighted by Crippen LogP contribution is -2.46. The van der Waals surface area contributed by atoms with Gasteiger partial charge >= 0.3 is 6.03 Å². The third-order valence-electron chi connectivity index (χ3n) is 5.39. The molecule has 6 heteroatoms. The molecule has 0 atom stereocenters. The molecule has 1 fully saturated rings. The summed E-state index contributed by atoms with van der Waals surface area (Å²) in [7, 11) is 1.61. The molecule has 0 aliphatic heterocycles. The first kappa shape index (κ1) is 20.7. The second kappa shape index (κ2) is 10.5. The van der Waals surface area contributed by atoms with E-state index in [-0.39, 0.29) is 24.5 Å². The summed E-state index contributed by atoms with van der Waals surface area (Å²) in [5.74, 6) is 1.13. The van der Waals surface area contributed by atoms with Crippen molar-refractivity contribution < 1.29 is 14.3 Å². The summed E-state index contributed by atoms with van der Waals surface area (Å²) in [6, 6.07) is 17.9. The maximum absolute atomic E-state index is 12.1. The smallest absolute Gasteiger partial charge is 0.315 e. The van der Waals surface area contributed by atoms with E-state index < -0.39 is 0 Å². The quantitative estimate of drug-likeness (QED) is 0.673. The predicted molar refractivity (Wildman–Crippen MR) is 113 cm³/mol. The third-order valence-corrected chi connectivity index (χ3v) is 5.39. The molecule has 0 unspecified atom stereocenters. The number of nitrogens with one attached hydrogen (secondary N) is 3. The Morgan fingerprint density at radius 3 is 2.28 bits per heavy atom. The summed E-state index contributed by atoms with van der Waals surface area (Å²) >= 11 is 0. The number of carbonyl (C=O) groups is 2. The van der Waals surface area contributed by atoms with E-state index in [0.29, 0.717) is 12.5 Å². The zero-order chi connectivity index (χ0) is 20.5. The fourth-order valence-electron chi connectivity index (χ4n) is 3.70. The van der Waals surface area contributed by atoms with Gasteiger partial charge in [0.2, 0.25) is 5.91 Å². The van der Waals surface area contributed by atoms with Crippen molar-refractivity contribution in [2.75, 3.05) is 13.7 Å². The minimum Gasteiger partial charge on any atom is -0.497 e. The summed E-state index contributed by atoms with van der Waals surface area (Å²) in [6.45, 7) is 0.372. The molecule has 0 bridgehead atoms. The molecule has 0 radical (unpaired) electrons. The minimum atomic E-state index is -0.284. The van der Waals surface area contributed by atoms with Crippen LogP contribution in [-0.2, 0) is 11.3 Å². The van der Waals surface area contributed by atoms with Crippen LogP contribution in [0.25, 0.3) is 0 Å². The van der Waals surface area contributed by atoms with Gasteiger partial charge in [-0.1, -0.05) is 42.5 Å². The van der Waals surface area contributed by atoms with Crippen LogP contribution in [-0.4, -0.2) is 31.6 Å². The Morgan fingerprint density at radius 1 is 0.931 bits per heavy atom. The number of benzene rings is 2. The van der Waals surface area contributed by atoms with Crippen molar-refractivity contribution in [2.45, 2.75) is 44.2 Å².